The molecule has 14 heavy (non-hydrogen) atoms. The molecule has 1 saturated heterocycles. The molecule has 0 aromatic heterocycles. The Morgan fingerprint density at radius 2 is 1.57 bits per heavy atom. The minimum absolute atomic E-state index is 0.788. The molecule has 0 aromatic rings. The summed E-state index contributed by atoms with van der Waals surface area (Å²) in [7, 11) is 0. The third-order valence-corrected chi connectivity index (χ3v) is 4.70. The highest BCUT2D eigenvalue weighted by Crippen LogP contribution is 2.26. The van der Waals surface area contributed by atoms with E-state index in [1.165, 1.54) is 64.5 Å². The minimum Gasteiger partial charge on any atom is -0.300 e. The molecule has 1 unspecified atom stereocenters. The minimum atomic E-state index is 0.788. The molecule has 2 rings (SSSR count). The Hall–Kier alpha value is 0.440. The van der Waals surface area contributed by atoms with Crippen molar-refractivity contribution in [2.45, 2.75) is 62.2 Å². The van der Waals surface area contributed by atoms with Crippen LogP contribution in [-0.2, 0) is 0 Å². The van der Waals surface area contributed by atoms with Crippen LogP contribution >= 0.6 is 15.9 Å². The van der Waals surface area contributed by atoms with Gasteiger partial charge in [-0.3, -0.25) is 0 Å². The van der Waals surface area contributed by atoms with Crippen molar-refractivity contribution in [3.05, 3.63) is 0 Å². The summed E-state index contributed by atoms with van der Waals surface area (Å²) in [5.74, 6) is 0. The standard InChI is InChI=1S/C12H22BrN/c13-11-5-4-9-14(10-8-11)12-6-2-1-3-7-12/h11-12H,1-10H2. The summed E-state index contributed by atoms with van der Waals surface area (Å²) < 4.78 is 0. The van der Waals surface area contributed by atoms with Gasteiger partial charge in [-0.25, -0.2) is 0 Å². The van der Waals surface area contributed by atoms with Crippen molar-refractivity contribution in [1.82, 2.24) is 4.90 Å². The van der Waals surface area contributed by atoms with Gasteiger partial charge in [-0.2, -0.15) is 0 Å². The van der Waals surface area contributed by atoms with Crippen molar-refractivity contribution in [3.63, 3.8) is 0 Å². The summed E-state index contributed by atoms with van der Waals surface area (Å²) >= 11 is 3.76. The van der Waals surface area contributed by atoms with E-state index < -0.39 is 0 Å². The Bertz CT molecular complexity index is 166. The molecule has 2 aliphatic rings. The third kappa shape index (κ3) is 2.96. The second-order valence-corrected chi connectivity index (χ2v) is 6.15. The van der Waals surface area contributed by atoms with Crippen LogP contribution in [0.15, 0.2) is 0 Å². The number of likely N-dealkylation sites (tertiary alicyclic amines) is 1. The molecule has 82 valence electrons. The largest absolute Gasteiger partial charge is 0.300 e. The lowest BCUT2D eigenvalue weighted by atomic mass is 9.94. The average Bonchev–Trinajstić information content (AvgIpc) is 2.44. The van der Waals surface area contributed by atoms with Gasteiger partial charge in [0.25, 0.3) is 0 Å². The lowest BCUT2D eigenvalue weighted by Crippen LogP contribution is -2.37. The van der Waals surface area contributed by atoms with Crippen LogP contribution in [0.25, 0.3) is 0 Å². The fourth-order valence-corrected chi connectivity index (χ4v) is 3.42. The van der Waals surface area contributed by atoms with E-state index >= 15 is 0 Å². The van der Waals surface area contributed by atoms with E-state index in [-0.39, 0.29) is 0 Å². The number of nitrogens with zero attached hydrogens (tertiary/aromatic N) is 1. The van der Waals surface area contributed by atoms with Crippen LogP contribution < -0.4 is 0 Å². The predicted molar refractivity (Wildman–Crippen MR) is 65.0 cm³/mol. The SMILES string of the molecule is BrC1CCCN(C2CCCCC2)CC1. The summed E-state index contributed by atoms with van der Waals surface area (Å²) in [4.78, 5) is 3.55. The molecule has 2 heteroatoms. The van der Waals surface area contributed by atoms with Gasteiger partial charge in [-0.15, -0.1) is 0 Å². The molecule has 1 nitrogen and oxygen atoms in total. The number of halogens is 1. The molecule has 0 amide bonds. The fourth-order valence-electron chi connectivity index (χ4n) is 2.89. The maximum absolute atomic E-state index is 3.76. The number of alkyl halides is 1. The van der Waals surface area contributed by atoms with Crippen LogP contribution in [-0.4, -0.2) is 28.9 Å². The summed E-state index contributed by atoms with van der Waals surface area (Å²) in [5.41, 5.74) is 0. The quantitative estimate of drug-likeness (QED) is 0.651. The van der Waals surface area contributed by atoms with Crippen LogP contribution in [0.4, 0.5) is 0 Å². The normalized spacial score (nSPS) is 32.8. The molecule has 1 heterocycles. The van der Waals surface area contributed by atoms with Gasteiger partial charge in [0.15, 0.2) is 0 Å². The first-order valence-corrected chi connectivity index (χ1v) is 7.16. The molecular weight excluding hydrogens is 238 g/mol. The highest BCUT2D eigenvalue weighted by molar-refractivity contribution is 9.09. The first kappa shape index (κ1) is 10.9. The zero-order chi connectivity index (χ0) is 9.80. The molecule has 0 radical (unpaired) electrons. The Labute approximate surface area is 96.4 Å². The van der Waals surface area contributed by atoms with Crippen molar-refractivity contribution >= 4 is 15.9 Å². The van der Waals surface area contributed by atoms with E-state index in [0.29, 0.717) is 0 Å². The van der Waals surface area contributed by atoms with Crippen LogP contribution in [0.2, 0.25) is 0 Å². The zero-order valence-electron chi connectivity index (χ0n) is 9.05. The summed E-state index contributed by atoms with van der Waals surface area (Å²) in [5, 5.41) is 0. The van der Waals surface area contributed by atoms with Crippen molar-refractivity contribution in [1.29, 1.82) is 0 Å². The van der Waals surface area contributed by atoms with Gasteiger partial charge in [-0.05, 0) is 45.2 Å². The molecule has 1 saturated carbocycles. The lowest BCUT2D eigenvalue weighted by Gasteiger charge is -2.33. The molecule has 1 atom stereocenters. The van der Waals surface area contributed by atoms with Crippen LogP contribution in [0, 0.1) is 0 Å². The number of hydrogen-bond donors (Lipinski definition) is 0. The zero-order valence-corrected chi connectivity index (χ0v) is 10.6. The topological polar surface area (TPSA) is 3.24 Å². The van der Waals surface area contributed by atoms with E-state index in [1.807, 2.05) is 0 Å². The molecular formula is C12H22BrN. The van der Waals surface area contributed by atoms with E-state index in [4.69, 9.17) is 0 Å². The van der Waals surface area contributed by atoms with E-state index in [0.717, 1.165) is 10.9 Å². The van der Waals surface area contributed by atoms with Crippen LogP contribution in [0.5, 0.6) is 0 Å². The number of hydrogen-bond acceptors (Lipinski definition) is 1. The van der Waals surface area contributed by atoms with Crippen LogP contribution in [0.1, 0.15) is 51.4 Å². The molecule has 1 aliphatic carbocycles. The van der Waals surface area contributed by atoms with Crippen molar-refractivity contribution in [3.8, 4) is 0 Å². The Balaban J connectivity index is 1.83. The van der Waals surface area contributed by atoms with Crippen molar-refractivity contribution < 1.29 is 0 Å². The second-order valence-electron chi connectivity index (χ2n) is 4.86. The summed E-state index contributed by atoms with van der Waals surface area (Å²) in [6.07, 6.45) is 11.5. The third-order valence-electron chi connectivity index (χ3n) is 3.78. The predicted octanol–water partition coefficient (Wildman–Crippen LogP) is 3.57. The second kappa shape index (κ2) is 5.50. The first-order chi connectivity index (χ1) is 6.86. The average molecular weight is 260 g/mol. The highest BCUT2D eigenvalue weighted by Gasteiger charge is 2.23. The van der Waals surface area contributed by atoms with Gasteiger partial charge in [0.05, 0.1) is 0 Å². The van der Waals surface area contributed by atoms with Crippen LogP contribution in [0.3, 0.4) is 0 Å². The van der Waals surface area contributed by atoms with Crippen molar-refractivity contribution in [2.75, 3.05) is 13.1 Å². The maximum Gasteiger partial charge on any atom is 0.0158 e. The van der Waals surface area contributed by atoms with Gasteiger partial charge in [0, 0.05) is 10.9 Å². The summed E-state index contributed by atoms with van der Waals surface area (Å²) in [6.45, 7) is 2.69. The maximum atomic E-state index is 3.76. The molecule has 2 fully saturated rings. The summed E-state index contributed by atoms with van der Waals surface area (Å²) in [6, 6.07) is 0.932. The van der Waals surface area contributed by atoms with E-state index in [1.54, 1.807) is 0 Å². The van der Waals surface area contributed by atoms with Gasteiger partial charge < -0.3 is 4.90 Å². The number of rotatable bonds is 1. The van der Waals surface area contributed by atoms with Gasteiger partial charge >= 0.3 is 0 Å². The highest BCUT2D eigenvalue weighted by atomic mass is 79.9. The molecule has 0 bridgehead atoms. The van der Waals surface area contributed by atoms with Gasteiger partial charge in [0.1, 0.15) is 0 Å². The molecule has 1 aliphatic heterocycles. The Morgan fingerprint density at radius 1 is 0.786 bits per heavy atom. The van der Waals surface area contributed by atoms with Gasteiger partial charge in [-0.1, -0.05) is 35.2 Å². The Kier molecular flexibility index (Phi) is 4.30. The monoisotopic (exact) mass is 259 g/mol. The molecule has 0 spiro atoms. The van der Waals surface area contributed by atoms with Crippen molar-refractivity contribution in [2.24, 2.45) is 0 Å². The molecule has 0 N–H and O–H groups in total. The fraction of sp³-hybridized carbons (Fsp3) is 1.00. The lowest BCUT2D eigenvalue weighted by molar-refractivity contribution is 0.162. The van der Waals surface area contributed by atoms with Gasteiger partial charge in [0.2, 0.25) is 0 Å². The first-order valence-electron chi connectivity index (χ1n) is 6.24. The van der Waals surface area contributed by atoms with E-state index in [9.17, 15) is 0 Å². The molecule has 0 aromatic carbocycles. The smallest absolute Gasteiger partial charge is 0.0158 e. The Morgan fingerprint density at radius 3 is 2.36 bits per heavy atom. The van der Waals surface area contributed by atoms with E-state index in [2.05, 4.69) is 20.8 Å².